The lowest BCUT2D eigenvalue weighted by Gasteiger charge is -2.35. The average molecular weight is 394 g/mol. The van der Waals surface area contributed by atoms with Gasteiger partial charge in [-0.15, -0.1) is 0 Å². The molecule has 1 N–H and O–H groups in total. The molecule has 0 spiro atoms. The number of esters is 3. The number of carbonyl (C=O) groups is 3. The minimum atomic E-state index is -1.58. The summed E-state index contributed by atoms with van der Waals surface area (Å²) in [6.45, 7) is 9.88. The van der Waals surface area contributed by atoms with Crippen LogP contribution in [0.2, 0.25) is 0 Å². The second kappa shape index (κ2) is 6.87. The van der Waals surface area contributed by atoms with E-state index in [1.165, 1.54) is 13.8 Å². The molecule has 156 valence electrons. The molecule has 3 aliphatic rings. The maximum Gasteiger partial charge on any atom is 0.351 e. The van der Waals surface area contributed by atoms with Crippen LogP contribution in [-0.2, 0) is 28.6 Å². The maximum absolute atomic E-state index is 12.8. The van der Waals surface area contributed by atoms with Gasteiger partial charge in [-0.25, -0.2) is 4.79 Å². The molecule has 2 fully saturated rings. The molecule has 7 atom stereocenters. The van der Waals surface area contributed by atoms with Crippen molar-refractivity contribution < 1.29 is 33.7 Å². The lowest BCUT2D eigenvalue weighted by atomic mass is 9.75. The largest absolute Gasteiger partial charge is 0.461 e. The SMILES string of the molecule is CC(=O)OC1(C)C(=O)OC2C3C(C)=CCC3C(C)(O)CC(OC(=O)C(C)C)C21. The highest BCUT2D eigenvalue weighted by atomic mass is 16.6. The van der Waals surface area contributed by atoms with Crippen molar-refractivity contribution in [2.24, 2.45) is 23.7 Å². The molecule has 0 aromatic rings. The van der Waals surface area contributed by atoms with Crippen LogP contribution in [-0.4, -0.2) is 46.4 Å². The number of rotatable bonds is 3. The highest BCUT2D eigenvalue weighted by Crippen LogP contribution is 2.54. The first-order valence-electron chi connectivity index (χ1n) is 9.88. The molecule has 2 aliphatic carbocycles. The van der Waals surface area contributed by atoms with Gasteiger partial charge in [-0.2, -0.15) is 0 Å². The zero-order valence-electron chi connectivity index (χ0n) is 17.4. The Hall–Kier alpha value is -1.89. The summed E-state index contributed by atoms with van der Waals surface area (Å²) in [6.07, 6.45) is 1.39. The summed E-state index contributed by atoms with van der Waals surface area (Å²) in [5.74, 6) is -3.13. The second-order valence-corrected chi connectivity index (χ2v) is 9.10. The molecular formula is C21H30O7. The Balaban J connectivity index is 2.10. The number of hydrogen-bond acceptors (Lipinski definition) is 7. The zero-order valence-corrected chi connectivity index (χ0v) is 17.4. The fourth-order valence-corrected chi connectivity index (χ4v) is 5.16. The van der Waals surface area contributed by atoms with Crippen LogP contribution in [0, 0.1) is 23.7 Å². The van der Waals surface area contributed by atoms with Gasteiger partial charge < -0.3 is 19.3 Å². The van der Waals surface area contributed by atoms with Gasteiger partial charge in [0.2, 0.25) is 5.60 Å². The van der Waals surface area contributed by atoms with Gasteiger partial charge in [0.05, 0.1) is 17.4 Å². The Bertz CT molecular complexity index is 722. The van der Waals surface area contributed by atoms with Crippen LogP contribution in [0.5, 0.6) is 0 Å². The molecule has 1 saturated carbocycles. The molecule has 1 aliphatic heterocycles. The van der Waals surface area contributed by atoms with Gasteiger partial charge in [0, 0.05) is 25.2 Å². The van der Waals surface area contributed by atoms with Gasteiger partial charge in [0.25, 0.3) is 0 Å². The molecule has 0 aromatic carbocycles. The molecule has 0 bridgehead atoms. The van der Waals surface area contributed by atoms with Crippen molar-refractivity contribution in [2.45, 2.75) is 77.8 Å². The third kappa shape index (κ3) is 3.23. The summed E-state index contributed by atoms with van der Waals surface area (Å²) in [4.78, 5) is 37.0. The molecule has 28 heavy (non-hydrogen) atoms. The van der Waals surface area contributed by atoms with E-state index in [2.05, 4.69) is 6.08 Å². The fraction of sp³-hybridized carbons (Fsp3) is 0.762. The van der Waals surface area contributed by atoms with Crippen LogP contribution in [0.1, 0.15) is 54.4 Å². The molecular weight excluding hydrogens is 364 g/mol. The lowest BCUT2D eigenvalue weighted by Crippen LogP contribution is -2.51. The highest BCUT2D eigenvalue weighted by molar-refractivity contribution is 5.85. The van der Waals surface area contributed by atoms with Crippen molar-refractivity contribution in [3.63, 3.8) is 0 Å². The minimum Gasteiger partial charge on any atom is -0.461 e. The van der Waals surface area contributed by atoms with Crippen molar-refractivity contribution in [2.75, 3.05) is 0 Å². The van der Waals surface area contributed by atoms with E-state index in [4.69, 9.17) is 14.2 Å². The Kier molecular flexibility index (Phi) is 5.11. The summed E-state index contributed by atoms with van der Waals surface area (Å²) >= 11 is 0. The fourth-order valence-electron chi connectivity index (χ4n) is 5.16. The number of fused-ring (bicyclic) bond motifs is 3. The van der Waals surface area contributed by atoms with E-state index >= 15 is 0 Å². The molecule has 7 unspecified atom stereocenters. The van der Waals surface area contributed by atoms with Gasteiger partial charge >= 0.3 is 17.9 Å². The number of hydrogen-bond donors (Lipinski definition) is 1. The minimum absolute atomic E-state index is 0.141. The monoisotopic (exact) mass is 394 g/mol. The topological polar surface area (TPSA) is 99.1 Å². The van der Waals surface area contributed by atoms with Crippen molar-refractivity contribution in [3.8, 4) is 0 Å². The van der Waals surface area contributed by atoms with Crippen molar-refractivity contribution >= 4 is 17.9 Å². The second-order valence-electron chi connectivity index (χ2n) is 9.10. The van der Waals surface area contributed by atoms with Crippen LogP contribution in [0.15, 0.2) is 11.6 Å². The molecule has 0 amide bonds. The van der Waals surface area contributed by atoms with E-state index in [0.29, 0.717) is 6.42 Å². The Morgan fingerprint density at radius 2 is 1.96 bits per heavy atom. The number of aliphatic hydroxyl groups is 1. The van der Waals surface area contributed by atoms with E-state index in [0.717, 1.165) is 5.57 Å². The van der Waals surface area contributed by atoms with Gasteiger partial charge in [0.1, 0.15) is 12.2 Å². The molecule has 3 rings (SSSR count). The Labute approximate surface area is 165 Å². The molecule has 1 heterocycles. The summed E-state index contributed by atoms with van der Waals surface area (Å²) in [5.41, 5.74) is -1.68. The van der Waals surface area contributed by atoms with E-state index < -0.39 is 47.2 Å². The first-order valence-corrected chi connectivity index (χ1v) is 9.88. The lowest BCUT2D eigenvalue weighted by molar-refractivity contribution is -0.180. The van der Waals surface area contributed by atoms with Gasteiger partial charge in [-0.3, -0.25) is 9.59 Å². The molecule has 1 saturated heterocycles. The normalized spacial score (nSPS) is 42.2. The average Bonchev–Trinajstić information content (AvgIpc) is 3.01. The van der Waals surface area contributed by atoms with Crippen LogP contribution in [0.4, 0.5) is 0 Å². The third-order valence-electron chi connectivity index (χ3n) is 6.55. The van der Waals surface area contributed by atoms with E-state index in [9.17, 15) is 19.5 Å². The number of allylic oxidation sites excluding steroid dienone is 1. The highest BCUT2D eigenvalue weighted by Gasteiger charge is 2.67. The van der Waals surface area contributed by atoms with E-state index in [1.54, 1.807) is 20.8 Å². The summed E-state index contributed by atoms with van der Waals surface area (Å²) in [7, 11) is 0. The van der Waals surface area contributed by atoms with Gasteiger partial charge in [-0.05, 0) is 27.2 Å². The Morgan fingerprint density at radius 1 is 1.32 bits per heavy atom. The van der Waals surface area contributed by atoms with Crippen LogP contribution >= 0.6 is 0 Å². The summed E-state index contributed by atoms with van der Waals surface area (Å²) < 4.78 is 17.0. The predicted octanol–water partition coefficient (Wildman–Crippen LogP) is 2.15. The molecule has 7 heteroatoms. The number of ether oxygens (including phenoxy) is 3. The van der Waals surface area contributed by atoms with Crippen LogP contribution in [0.3, 0.4) is 0 Å². The third-order valence-corrected chi connectivity index (χ3v) is 6.55. The van der Waals surface area contributed by atoms with E-state index in [1.807, 2.05) is 6.92 Å². The van der Waals surface area contributed by atoms with Crippen molar-refractivity contribution in [3.05, 3.63) is 11.6 Å². The van der Waals surface area contributed by atoms with Crippen LogP contribution < -0.4 is 0 Å². The number of carbonyl (C=O) groups excluding carboxylic acids is 3. The molecule has 0 radical (unpaired) electrons. The van der Waals surface area contributed by atoms with Gasteiger partial charge in [-0.1, -0.05) is 25.5 Å². The summed E-state index contributed by atoms with van der Waals surface area (Å²) in [6, 6.07) is 0. The maximum atomic E-state index is 12.8. The Morgan fingerprint density at radius 3 is 2.54 bits per heavy atom. The molecule has 0 aromatic heterocycles. The summed E-state index contributed by atoms with van der Waals surface area (Å²) in [5, 5.41) is 11.3. The first kappa shape index (κ1) is 20.8. The smallest absolute Gasteiger partial charge is 0.351 e. The van der Waals surface area contributed by atoms with Gasteiger partial charge in [0.15, 0.2) is 0 Å². The van der Waals surface area contributed by atoms with Crippen LogP contribution in [0.25, 0.3) is 0 Å². The van der Waals surface area contributed by atoms with E-state index in [-0.39, 0.29) is 24.2 Å². The molecule has 7 nitrogen and oxygen atoms in total. The first-order chi connectivity index (χ1) is 12.9. The van der Waals surface area contributed by atoms with Crippen molar-refractivity contribution in [1.82, 2.24) is 0 Å². The predicted molar refractivity (Wildman–Crippen MR) is 98.9 cm³/mol. The quantitative estimate of drug-likeness (QED) is 0.445. The van der Waals surface area contributed by atoms with Crippen molar-refractivity contribution in [1.29, 1.82) is 0 Å². The standard InChI is InChI=1S/C21H30O7/c1-10(2)18(23)26-14-9-20(5,25)13-8-7-11(3)15(13)17-16(14)21(6,19(24)27-17)28-12(4)22/h7,10,13-17,25H,8-9H2,1-6H3. The zero-order chi connectivity index (χ0) is 21.0.